The summed E-state index contributed by atoms with van der Waals surface area (Å²) in [6.45, 7) is -0.442. The Morgan fingerprint density at radius 3 is 1.70 bits per heavy atom. The summed E-state index contributed by atoms with van der Waals surface area (Å²) in [5.41, 5.74) is 0.231. The molecule has 0 bridgehead atoms. The first-order valence-electron chi connectivity index (χ1n) is 7.76. The number of carbonyl (C=O) groups is 1. The van der Waals surface area contributed by atoms with Crippen LogP contribution in [0.4, 0.5) is 38.0 Å². The zero-order valence-electron chi connectivity index (χ0n) is 13.8. The SMILES string of the molecule is O=C(O)CNc1nc(Nc2ccccc2F)nc(Nc2ccccc2F)n1. The van der Waals surface area contributed by atoms with E-state index in [0.717, 1.165) is 0 Å². The Kier molecular flexibility index (Phi) is 5.36. The summed E-state index contributed by atoms with van der Waals surface area (Å²) < 4.78 is 27.7. The molecule has 0 saturated carbocycles. The van der Waals surface area contributed by atoms with Crippen molar-refractivity contribution in [3.8, 4) is 0 Å². The van der Waals surface area contributed by atoms with Gasteiger partial charge in [-0.05, 0) is 24.3 Å². The highest BCUT2D eigenvalue weighted by Gasteiger charge is 2.11. The van der Waals surface area contributed by atoms with Crippen molar-refractivity contribution in [3.63, 3.8) is 0 Å². The fraction of sp³-hybridized carbons (Fsp3) is 0.0588. The Balaban J connectivity index is 1.92. The third kappa shape index (κ3) is 4.84. The second kappa shape index (κ2) is 8.04. The Hall–Kier alpha value is -3.82. The lowest BCUT2D eigenvalue weighted by Gasteiger charge is -2.11. The molecular formula is C17H14F2N6O2. The van der Waals surface area contributed by atoms with Crippen LogP contribution in [0.25, 0.3) is 0 Å². The Labute approximate surface area is 152 Å². The van der Waals surface area contributed by atoms with Gasteiger partial charge in [-0.2, -0.15) is 15.0 Å². The molecule has 0 aliphatic rings. The Morgan fingerprint density at radius 2 is 1.26 bits per heavy atom. The molecule has 0 spiro atoms. The number of hydrogen-bond donors (Lipinski definition) is 4. The van der Waals surface area contributed by atoms with E-state index < -0.39 is 24.1 Å². The van der Waals surface area contributed by atoms with Gasteiger partial charge in [0.1, 0.15) is 18.2 Å². The molecule has 0 aliphatic heterocycles. The van der Waals surface area contributed by atoms with E-state index in [1.165, 1.54) is 36.4 Å². The van der Waals surface area contributed by atoms with Gasteiger partial charge in [-0.25, -0.2) is 8.78 Å². The largest absolute Gasteiger partial charge is 0.480 e. The van der Waals surface area contributed by atoms with E-state index in [1.54, 1.807) is 12.1 Å². The van der Waals surface area contributed by atoms with Gasteiger partial charge in [0.15, 0.2) is 0 Å². The molecule has 0 amide bonds. The quantitative estimate of drug-likeness (QED) is 0.500. The summed E-state index contributed by atoms with van der Waals surface area (Å²) in [5.74, 6) is -2.36. The highest BCUT2D eigenvalue weighted by atomic mass is 19.1. The Bertz CT molecular complexity index is 904. The highest BCUT2D eigenvalue weighted by molar-refractivity contribution is 5.72. The van der Waals surface area contributed by atoms with E-state index in [9.17, 15) is 13.6 Å². The molecule has 0 saturated heterocycles. The minimum absolute atomic E-state index is 0.0539. The fourth-order valence-corrected chi connectivity index (χ4v) is 2.09. The molecule has 3 rings (SSSR count). The summed E-state index contributed by atoms with van der Waals surface area (Å²) in [4.78, 5) is 22.8. The molecule has 0 fully saturated rings. The van der Waals surface area contributed by atoms with Crippen LogP contribution in [0.15, 0.2) is 48.5 Å². The lowest BCUT2D eigenvalue weighted by Crippen LogP contribution is -2.16. The van der Waals surface area contributed by atoms with Gasteiger partial charge in [0.25, 0.3) is 0 Å². The van der Waals surface area contributed by atoms with Gasteiger partial charge in [0, 0.05) is 0 Å². The van der Waals surface area contributed by atoms with Crippen molar-refractivity contribution in [1.82, 2.24) is 15.0 Å². The topological polar surface area (TPSA) is 112 Å². The van der Waals surface area contributed by atoms with Crippen molar-refractivity contribution in [2.24, 2.45) is 0 Å². The standard InChI is InChI=1S/C17H14F2N6O2/c18-10-5-1-3-7-12(10)21-16-23-15(20-9-14(26)27)24-17(25-16)22-13-8-4-2-6-11(13)19/h1-8H,9H2,(H,26,27)(H3,20,21,22,23,24,25). The molecule has 0 unspecified atom stereocenters. The van der Waals surface area contributed by atoms with Crippen LogP contribution in [0.2, 0.25) is 0 Å². The fourth-order valence-electron chi connectivity index (χ4n) is 2.09. The maximum absolute atomic E-state index is 13.8. The van der Waals surface area contributed by atoms with Gasteiger partial charge in [-0.15, -0.1) is 0 Å². The van der Waals surface area contributed by atoms with Crippen molar-refractivity contribution in [1.29, 1.82) is 0 Å². The van der Waals surface area contributed by atoms with E-state index in [0.29, 0.717) is 0 Å². The zero-order chi connectivity index (χ0) is 19.2. The number of para-hydroxylation sites is 2. The number of aromatic nitrogens is 3. The normalized spacial score (nSPS) is 10.3. The van der Waals surface area contributed by atoms with Crippen LogP contribution < -0.4 is 16.0 Å². The van der Waals surface area contributed by atoms with Crippen LogP contribution in [-0.2, 0) is 4.79 Å². The van der Waals surface area contributed by atoms with E-state index in [1.807, 2.05) is 0 Å². The van der Waals surface area contributed by atoms with Crippen molar-refractivity contribution in [2.75, 3.05) is 22.5 Å². The first-order valence-corrected chi connectivity index (χ1v) is 7.76. The lowest BCUT2D eigenvalue weighted by atomic mass is 10.3. The van der Waals surface area contributed by atoms with Crippen LogP contribution >= 0.6 is 0 Å². The third-order valence-electron chi connectivity index (χ3n) is 3.27. The summed E-state index contributed by atoms with van der Waals surface area (Å²) >= 11 is 0. The van der Waals surface area contributed by atoms with Crippen LogP contribution in [0.5, 0.6) is 0 Å². The predicted octanol–water partition coefficient (Wildman–Crippen LogP) is 3.13. The van der Waals surface area contributed by atoms with Crippen molar-refractivity contribution < 1.29 is 18.7 Å². The average Bonchev–Trinajstić information content (AvgIpc) is 2.64. The number of rotatable bonds is 7. The first kappa shape index (κ1) is 18.0. The van der Waals surface area contributed by atoms with Crippen LogP contribution in [0.3, 0.4) is 0 Å². The number of carboxylic acid groups (broad SMARTS) is 1. The number of aliphatic carboxylic acids is 1. The minimum atomic E-state index is -1.12. The highest BCUT2D eigenvalue weighted by Crippen LogP contribution is 2.21. The van der Waals surface area contributed by atoms with Crippen LogP contribution in [0, 0.1) is 11.6 Å². The van der Waals surface area contributed by atoms with Gasteiger partial charge in [-0.1, -0.05) is 24.3 Å². The number of carboxylic acids is 1. The smallest absolute Gasteiger partial charge is 0.322 e. The van der Waals surface area contributed by atoms with Gasteiger partial charge < -0.3 is 21.1 Å². The summed E-state index contributed by atoms with van der Waals surface area (Å²) in [6.07, 6.45) is 0. The molecular weight excluding hydrogens is 358 g/mol. The number of benzene rings is 2. The average molecular weight is 372 g/mol. The van der Waals surface area contributed by atoms with E-state index in [4.69, 9.17) is 5.11 Å². The number of anilines is 5. The van der Waals surface area contributed by atoms with Gasteiger partial charge in [-0.3, -0.25) is 4.79 Å². The maximum atomic E-state index is 13.8. The number of hydrogen-bond acceptors (Lipinski definition) is 7. The molecule has 2 aromatic carbocycles. The molecule has 0 atom stereocenters. The molecule has 8 nitrogen and oxygen atoms in total. The summed E-state index contributed by atoms with van der Waals surface area (Å²) in [7, 11) is 0. The van der Waals surface area contributed by atoms with Crippen LogP contribution in [0.1, 0.15) is 0 Å². The monoisotopic (exact) mass is 372 g/mol. The first-order chi connectivity index (χ1) is 13.0. The van der Waals surface area contributed by atoms with E-state index >= 15 is 0 Å². The van der Waals surface area contributed by atoms with E-state index in [-0.39, 0.29) is 29.2 Å². The number of nitrogens with one attached hydrogen (secondary N) is 3. The minimum Gasteiger partial charge on any atom is -0.480 e. The number of nitrogens with zero attached hydrogens (tertiary/aromatic N) is 3. The van der Waals surface area contributed by atoms with Crippen molar-refractivity contribution in [3.05, 3.63) is 60.2 Å². The van der Waals surface area contributed by atoms with Gasteiger partial charge in [0.05, 0.1) is 11.4 Å². The molecule has 10 heteroatoms. The van der Waals surface area contributed by atoms with Crippen LogP contribution in [-0.4, -0.2) is 32.6 Å². The molecule has 4 N–H and O–H groups in total. The van der Waals surface area contributed by atoms with Gasteiger partial charge >= 0.3 is 5.97 Å². The zero-order valence-corrected chi connectivity index (χ0v) is 13.8. The third-order valence-corrected chi connectivity index (χ3v) is 3.27. The molecule has 27 heavy (non-hydrogen) atoms. The molecule has 1 aromatic heterocycles. The second-order valence-electron chi connectivity index (χ2n) is 5.26. The predicted molar refractivity (Wildman–Crippen MR) is 95.3 cm³/mol. The summed E-state index contributed by atoms with van der Waals surface area (Å²) in [6, 6.07) is 11.8. The van der Waals surface area contributed by atoms with Crippen molar-refractivity contribution in [2.45, 2.75) is 0 Å². The second-order valence-corrected chi connectivity index (χ2v) is 5.26. The Morgan fingerprint density at radius 1 is 0.815 bits per heavy atom. The molecule has 0 radical (unpaired) electrons. The molecule has 138 valence electrons. The summed E-state index contributed by atoms with van der Waals surface area (Å²) in [5, 5.41) is 16.7. The molecule has 1 heterocycles. The maximum Gasteiger partial charge on any atom is 0.322 e. The van der Waals surface area contributed by atoms with E-state index in [2.05, 4.69) is 30.9 Å². The van der Waals surface area contributed by atoms with Gasteiger partial charge in [0.2, 0.25) is 17.8 Å². The van der Waals surface area contributed by atoms with Crippen molar-refractivity contribution >= 4 is 35.2 Å². The molecule has 3 aromatic rings. The molecule has 0 aliphatic carbocycles. The lowest BCUT2D eigenvalue weighted by molar-refractivity contribution is -0.134. The number of halogens is 2.